The van der Waals surface area contributed by atoms with E-state index in [1.807, 2.05) is 16.8 Å². The number of β-amino-alcohol motifs (C(OH)–C–C–N with tert-alkyl or cyclic N) is 1. The maximum atomic E-state index is 12.3. The van der Waals surface area contributed by atoms with Gasteiger partial charge in [0, 0.05) is 31.6 Å². The van der Waals surface area contributed by atoms with E-state index in [2.05, 4.69) is 0 Å². The van der Waals surface area contributed by atoms with Gasteiger partial charge >= 0.3 is 0 Å². The smallest absolute Gasteiger partial charge is 0.254 e. The summed E-state index contributed by atoms with van der Waals surface area (Å²) in [5.41, 5.74) is 0.716. The third-order valence-electron chi connectivity index (χ3n) is 4.26. The molecule has 2 aliphatic rings. The van der Waals surface area contributed by atoms with Gasteiger partial charge in [-0.2, -0.15) is 11.3 Å². The van der Waals surface area contributed by atoms with Crippen molar-refractivity contribution in [3.8, 4) is 0 Å². The Kier molecular flexibility index (Phi) is 3.76. The number of hydrogen-bond donors (Lipinski definition) is 1. The quantitative estimate of drug-likeness (QED) is 0.891. The van der Waals surface area contributed by atoms with Gasteiger partial charge in [0.25, 0.3) is 5.91 Å². The number of fused-ring (bicyclic) bond motifs is 1. The number of rotatable bonds is 3. The zero-order valence-corrected chi connectivity index (χ0v) is 12.0. The van der Waals surface area contributed by atoms with Crippen molar-refractivity contribution < 1.29 is 14.7 Å². The van der Waals surface area contributed by atoms with Gasteiger partial charge in [0.1, 0.15) is 0 Å². The molecule has 2 amide bonds. The van der Waals surface area contributed by atoms with E-state index in [1.165, 1.54) is 11.3 Å². The maximum Gasteiger partial charge on any atom is 0.254 e. The highest BCUT2D eigenvalue weighted by Crippen LogP contribution is 2.32. The summed E-state index contributed by atoms with van der Waals surface area (Å²) in [6, 6.07) is 1.83. The Labute approximate surface area is 121 Å². The monoisotopic (exact) mass is 294 g/mol. The fourth-order valence-electron chi connectivity index (χ4n) is 3.19. The van der Waals surface area contributed by atoms with Crippen LogP contribution in [-0.2, 0) is 4.79 Å². The van der Waals surface area contributed by atoms with E-state index in [1.54, 1.807) is 9.80 Å². The molecule has 2 aliphatic heterocycles. The molecule has 0 bridgehead atoms. The van der Waals surface area contributed by atoms with Crippen LogP contribution in [0.15, 0.2) is 16.8 Å². The highest BCUT2D eigenvalue weighted by molar-refractivity contribution is 7.08. The lowest BCUT2D eigenvalue weighted by molar-refractivity contribution is -0.140. The molecule has 108 valence electrons. The number of aliphatic hydroxyl groups is 1. The Morgan fingerprint density at radius 3 is 3.00 bits per heavy atom. The van der Waals surface area contributed by atoms with Crippen molar-refractivity contribution in [3.05, 3.63) is 22.4 Å². The molecule has 0 unspecified atom stereocenters. The highest BCUT2D eigenvalue weighted by atomic mass is 32.1. The number of nitrogens with zero attached hydrogens (tertiary/aromatic N) is 2. The highest BCUT2D eigenvalue weighted by Gasteiger charge is 2.44. The Hall–Kier alpha value is -1.40. The van der Waals surface area contributed by atoms with Crippen LogP contribution < -0.4 is 0 Å². The second-order valence-corrected chi connectivity index (χ2v) is 6.21. The summed E-state index contributed by atoms with van der Waals surface area (Å²) < 4.78 is 0. The third kappa shape index (κ3) is 2.33. The number of amides is 2. The minimum Gasteiger partial charge on any atom is -0.395 e. The van der Waals surface area contributed by atoms with Gasteiger partial charge in [-0.25, -0.2) is 0 Å². The van der Waals surface area contributed by atoms with Crippen LogP contribution in [-0.4, -0.2) is 59.5 Å². The van der Waals surface area contributed by atoms with Crippen molar-refractivity contribution in [2.45, 2.75) is 6.42 Å². The van der Waals surface area contributed by atoms with E-state index in [0.717, 1.165) is 6.42 Å². The van der Waals surface area contributed by atoms with Crippen LogP contribution in [0.4, 0.5) is 0 Å². The number of carbonyl (C=O) groups excluding carboxylic acids is 2. The molecule has 5 nitrogen and oxygen atoms in total. The molecule has 3 heterocycles. The number of piperidine rings is 1. The normalized spacial score (nSPS) is 25.9. The molecule has 20 heavy (non-hydrogen) atoms. The van der Waals surface area contributed by atoms with E-state index in [0.29, 0.717) is 31.7 Å². The van der Waals surface area contributed by atoms with Crippen molar-refractivity contribution in [1.82, 2.24) is 9.80 Å². The summed E-state index contributed by atoms with van der Waals surface area (Å²) in [5, 5.41) is 12.7. The maximum absolute atomic E-state index is 12.3. The first-order chi connectivity index (χ1) is 9.70. The third-order valence-corrected chi connectivity index (χ3v) is 4.95. The molecule has 6 heteroatoms. The zero-order valence-electron chi connectivity index (χ0n) is 11.2. The molecule has 0 saturated carbocycles. The van der Waals surface area contributed by atoms with Crippen LogP contribution in [0.1, 0.15) is 16.8 Å². The number of thiophene rings is 1. The minimum atomic E-state index is -0.0853. The van der Waals surface area contributed by atoms with Crippen molar-refractivity contribution in [1.29, 1.82) is 0 Å². The fraction of sp³-hybridized carbons (Fsp3) is 0.571. The predicted octanol–water partition coefficient (Wildman–Crippen LogP) is 0.661. The Morgan fingerprint density at radius 2 is 2.30 bits per heavy atom. The summed E-state index contributed by atoms with van der Waals surface area (Å²) in [4.78, 5) is 28.2. The van der Waals surface area contributed by atoms with Crippen LogP contribution in [0.25, 0.3) is 0 Å². The van der Waals surface area contributed by atoms with Gasteiger partial charge in [0.2, 0.25) is 5.91 Å². The second-order valence-electron chi connectivity index (χ2n) is 5.43. The number of aliphatic hydroxyl groups excluding tert-OH is 1. The molecule has 1 N–H and O–H groups in total. The molecule has 0 aliphatic carbocycles. The van der Waals surface area contributed by atoms with Gasteiger partial charge in [-0.3, -0.25) is 9.59 Å². The van der Waals surface area contributed by atoms with Crippen LogP contribution in [0.5, 0.6) is 0 Å². The van der Waals surface area contributed by atoms with E-state index in [9.17, 15) is 9.59 Å². The molecule has 2 fully saturated rings. The van der Waals surface area contributed by atoms with Crippen LogP contribution >= 0.6 is 11.3 Å². The summed E-state index contributed by atoms with van der Waals surface area (Å²) >= 11 is 1.51. The summed E-state index contributed by atoms with van der Waals surface area (Å²) in [6.07, 6.45) is 0.920. The lowest BCUT2D eigenvalue weighted by Gasteiger charge is -2.33. The summed E-state index contributed by atoms with van der Waals surface area (Å²) in [5.74, 6) is 0.316. The van der Waals surface area contributed by atoms with E-state index >= 15 is 0 Å². The molecule has 0 aromatic carbocycles. The van der Waals surface area contributed by atoms with Crippen LogP contribution in [0.3, 0.4) is 0 Å². The molecule has 2 atom stereocenters. The number of likely N-dealkylation sites (tertiary alicyclic amines) is 2. The van der Waals surface area contributed by atoms with Gasteiger partial charge in [-0.05, 0) is 23.8 Å². The van der Waals surface area contributed by atoms with Gasteiger partial charge in [0.05, 0.1) is 18.1 Å². The molecular weight excluding hydrogens is 276 g/mol. The molecule has 2 saturated heterocycles. The Bertz CT molecular complexity index is 503. The molecule has 3 rings (SSSR count). The van der Waals surface area contributed by atoms with Crippen molar-refractivity contribution in [2.24, 2.45) is 11.8 Å². The molecular formula is C14H18N2O3S. The van der Waals surface area contributed by atoms with Crippen molar-refractivity contribution in [2.75, 3.05) is 32.8 Å². The van der Waals surface area contributed by atoms with Crippen molar-refractivity contribution >= 4 is 23.2 Å². The number of carbonyl (C=O) groups is 2. The second kappa shape index (κ2) is 5.54. The average Bonchev–Trinajstić information content (AvgIpc) is 3.10. The van der Waals surface area contributed by atoms with Crippen molar-refractivity contribution in [3.63, 3.8) is 0 Å². The van der Waals surface area contributed by atoms with E-state index < -0.39 is 0 Å². The van der Waals surface area contributed by atoms with E-state index in [-0.39, 0.29) is 30.3 Å². The fourth-order valence-corrected chi connectivity index (χ4v) is 3.82. The molecule has 0 radical (unpaired) electrons. The Balaban J connectivity index is 1.69. The number of hydrogen-bond acceptors (Lipinski definition) is 4. The SMILES string of the molecule is O=C(c1ccsc1)N1C[C@@H]2CCN(CCO)C(=O)[C@@H]2C1. The van der Waals surface area contributed by atoms with Crippen LogP contribution in [0.2, 0.25) is 0 Å². The first-order valence-electron chi connectivity index (χ1n) is 6.92. The molecule has 0 spiro atoms. The van der Waals surface area contributed by atoms with Gasteiger partial charge in [0.15, 0.2) is 0 Å². The molecule has 1 aromatic heterocycles. The topological polar surface area (TPSA) is 60.9 Å². The largest absolute Gasteiger partial charge is 0.395 e. The zero-order chi connectivity index (χ0) is 14.1. The van der Waals surface area contributed by atoms with Gasteiger partial charge < -0.3 is 14.9 Å². The standard InChI is InChI=1S/C14H18N2O3S/c17-5-4-15-3-1-10-7-16(8-12(10)14(15)19)13(18)11-2-6-20-9-11/h2,6,9-10,12,17H,1,3-5,7-8H2/t10-,12+/m0/s1. The van der Waals surface area contributed by atoms with Gasteiger partial charge in [-0.1, -0.05) is 0 Å². The minimum absolute atomic E-state index is 0.000670. The van der Waals surface area contributed by atoms with E-state index in [4.69, 9.17) is 5.11 Å². The summed E-state index contributed by atoms with van der Waals surface area (Å²) in [6.45, 7) is 2.29. The lowest BCUT2D eigenvalue weighted by atomic mass is 9.88. The first kappa shape index (κ1) is 13.6. The summed E-state index contributed by atoms with van der Waals surface area (Å²) in [7, 11) is 0. The van der Waals surface area contributed by atoms with Crippen LogP contribution in [0, 0.1) is 11.8 Å². The molecule has 1 aromatic rings. The lowest BCUT2D eigenvalue weighted by Crippen LogP contribution is -2.46. The predicted molar refractivity (Wildman–Crippen MR) is 75.5 cm³/mol. The first-order valence-corrected chi connectivity index (χ1v) is 7.86. The Morgan fingerprint density at radius 1 is 1.45 bits per heavy atom. The van der Waals surface area contributed by atoms with Gasteiger partial charge in [-0.15, -0.1) is 0 Å². The average molecular weight is 294 g/mol.